The highest BCUT2D eigenvalue weighted by Gasteiger charge is 2.16. The monoisotopic (exact) mass is 242 g/mol. The van der Waals surface area contributed by atoms with Crippen LogP contribution in [0.1, 0.15) is 27.3 Å². The molecule has 0 atom stereocenters. The smallest absolute Gasteiger partial charge is 0.335 e. The van der Waals surface area contributed by atoms with Gasteiger partial charge in [0.15, 0.2) is 11.4 Å². The molecule has 1 N–H and O–H groups in total. The van der Waals surface area contributed by atoms with Gasteiger partial charge >= 0.3 is 5.97 Å². The van der Waals surface area contributed by atoms with Crippen molar-refractivity contribution in [3.63, 3.8) is 0 Å². The number of aromatic carboxylic acids is 1. The number of aromatic nitrogens is 1. The molecule has 18 heavy (non-hydrogen) atoms. The van der Waals surface area contributed by atoms with Crippen molar-refractivity contribution in [2.45, 2.75) is 20.8 Å². The van der Waals surface area contributed by atoms with Crippen LogP contribution in [0.15, 0.2) is 36.4 Å². The molecule has 0 saturated carbocycles. The second-order valence-corrected chi connectivity index (χ2v) is 4.51. The molecule has 0 aliphatic carbocycles. The molecule has 0 aliphatic heterocycles. The average Bonchev–Trinajstić information content (AvgIpc) is 2.28. The molecule has 2 rings (SSSR count). The lowest BCUT2D eigenvalue weighted by molar-refractivity contribution is -0.609. The lowest BCUT2D eigenvalue weighted by atomic mass is 10.1. The van der Waals surface area contributed by atoms with E-state index in [4.69, 9.17) is 5.11 Å². The van der Waals surface area contributed by atoms with E-state index in [0.29, 0.717) is 5.56 Å². The maximum atomic E-state index is 11.0. The molecule has 2 aromatic rings. The number of carboxylic acids is 1. The van der Waals surface area contributed by atoms with Crippen LogP contribution in [-0.4, -0.2) is 11.1 Å². The van der Waals surface area contributed by atoms with E-state index in [9.17, 15) is 4.79 Å². The molecule has 3 nitrogen and oxygen atoms in total. The molecule has 0 unspecified atom stereocenters. The van der Waals surface area contributed by atoms with Gasteiger partial charge in [-0.25, -0.2) is 4.79 Å². The number of hydrogen-bond donors (Lipinski definition) is 1. The van der Waals surface area contributed by atoms with Crippen LogP contribution in [0.5, 0.6) is 0 Å². The first-order valence-electron chi connectivity index (χ1n) is 5.82. The molecule has 0 aliphatic rings. The quantitative estimate of drug-likeness (QED) is 0.822. The van der Waals surface area contributed by atoms with Gasteiger partial charge in [-0.15, -0.1) is 0 Å². The summed E-state index contributed by atoms with van der Waals surface area (Å²) in [6.07, 6.45) is 0. The molecule has 0 spiro atoms. The summed E-state index contributed by atoms with van der Waals surface area (Å²) in [7, 11) is 0. The zero-order valence-corrected chi connectivity index (χ0v) is 10.8. The van der Waals surface area contributed by atoms with Crippen LogP contribution in [0.25, 0.3) is 5.69 Å². The van der Waals surface area contributed by atoms with E-state index in [2.05, 4.69) is 23.6 Å². The molecule has 1 aromatic heterocycles. The summed E-state index contributed by atoms with van der Waals surface area (Å²) in [6.45, 7) is 6.10. The third kappa shape index (κ3) is 2.25. The highest BCUT2D eigenvalue weighted by Crippen LogP contribution is 2.09. The van der Waals surface area contributed by atoms with Crippen molar-refractivity contribution in [2.24, 2.45) is 0 Å². The highest BCUT2D eigenvalue weighted by molar-refractivity contribution is 5.88. The third-order valence-electron chi connectivity index (χ3n) is 2.93. The number of benzene rings is 1. The number of hydrogen-bond acceptors (Lipinski definition) is 1. The second-order valence-electron chi connectivity index (χ2n) is 4.51. The Labute approximate surface area is 106 Å². The molecule has 1 heterocycles. The second kappa shape index (κ2) is 4.61. The summed E-state index contributed by atoms with van der Waals surface area (Å²) in [5.74, 6) is -0.903. The lowest BCUT2D eigenvalue weighted by Crippen LogP contribution is -2.37. The number of aryl methyl sites for hydroxylation is 3. The average molecular weight is 242 g/mol. The topological polar surface area (TPSA) is 41.2 Å². The molecule has 0 bridgehead atoms. The van der Waals surface area contributed by atoms with Crippen LogP contribution in [0, 0.1) is 20.8 Å². The minimum atomic E-state index is -0.903. The van der Waals surface area contributed by atoms with Crippen LogP contribution in [0.4, 0.5) is 0 Å². The van der Waals surface area contributed by atoms with Crippen molar-refractivity contribution in [3.05, 3.63) is 58.9 Å². The largest absolute Gasteiger partial charge is 0.478 e. The summed E-state index contributed by atoms with van der Waals surface area (Å²) in [4.78, 5) is 11.0. The molecule has 0 radical (unpaired) electrons. The zero-order valence-electron chi connectivity index (χ0n) is 10.8. The van der Waals surface area contributed by atoms with Gasteiger partial charge in [0.2, 0.25) is 5.69 Å². The van der Waals surface area contributed by atoms with Crippen LogP contribution in [0.2, 0.25) is 0 Å². The van der Waals surface area contributed by atoms with Gasteiger partial charge in [-0.05, 0) is 18.6 Å². The molecule has 0 fully saturated rings. The van der Waals surface area contributed by atoms with E-state index in [1.165, 1.54) is 5.56 Å². The minimum absolute atomic E-state index is 0.305. The van der Waals surface area contributed by atoms with Crippen LogP contribution in [0.3, 0.4) is 0 Å². The normalized spacial score (nSPS) is 10.4. The van der Waals surface area contributed by atoms with Gasteiger partial charge in [0.05, 0.1) is 5.56 Å². The van der Waals surface area contributed by atoms with Crippen LogP contribution in [-0.2, 0) is 0 Å². The van der Waals surface area contributed by atoms with Gasteiger partial charge in [0.25, 0.3) is 0 Å². The van der Waals surface area contributed by atoms with Crippen molar-refractivity contribution in [1.29, 1.82) is 0 Å². The molecule has 92 valence electrons. The van der Waals surface area contributed by atoms with Gasteiger partial charge in [-0.1, -0.05) is 6.07 Å². The fourth-order valence-corrected chi connectivity index (χ4v) is 2.29. The third-order valence-corrected chi connectivity index (χ3v) is 2.93. The number of carboxylic acid groups (broad SMARTS) is 1. The first-order chi connectivity index (χ1) is 8.49. The SMILES string of the molecule is Cc1cc(C)[n+](-c2cccc(C(=O)O)c2)c(C)c1. The number of pyridine rings is 1. The van der Waals surface area contributed by atoms with Crippen LogP contribution >= 0.6 is 0 Å². The van der Waals surface area contributed by atoms with E-state index < -0.39 is 5.97 Å². The van der Waals surface area contributed by atoms with E-state index in [0.717, 1.165) is 17.1 Å². The molecular formula is C15H16NO2+. The Morgan fingerprint density at radius 2 is 1.67 bits per heavy atom. The fourth-order valence-electron chi connectivity index (χ4n) is 2.29. The summed E-state index contributed by atoms with van der Waals surface area (Å²) in [5.41, 5.74) is 4.57. The Morgan fingerprint density at radius 1 is 1.06 bits per heavy atom. The standard InChI is InChI=1S/C15H15NO2/c1-10-7-11(2)16(12(3)8-10)14-6-4-5-13(9-14)15(17)18/h4-9H,1-3H3/p+1. The van der Waals surface area contributed by atoms with Crippen LogP contribution < -0.4 is 4.57 Å². The number of nitrogens with zero attached hydrogens (tertiary/aromatic N) is 1. The van der Waals surface area contributed by atoms with Crippen molar-refractivity contribution >= 4 is 5.97 Å². The lowest BCUT2D eigenvalue weighted by Gasteiger charge is -2.05. The molecule has 0 saturated heterocycles. The summed E-state index contributed by atoms with van der Waals surface area (Å²) in [5, 5.41) is 9.03. The minimum Gasteiger partial charge on any atom is -0.478 e. The Balaban J connectivity index is 2.62. The van der Waals surface area contributed by atoms with Crippen molar-refractivity contribution < 1.29 is 14.5 Å². The zero-order chi connectivity index (χ0) is 13.3. The van der Waals surface area contributed by atoms with Crippen molar-refractivity contribution in [2.75, 3.05) is 0 Å². The predicted octanol–water partition coefficient (Wildman–Crippen LogP) is 2.59. The van der Waals surface area contributed by atoms with Crippen molar-refractivity contribution in [3.8, 4) is 5.69 Å². The summed E-state index contributed by atoms with van der Waals surface area (Å²) >= 11 is 0. The van der Waals surface area contributed by atoms with E-state index in [1.807, 2.05) is 19.9 Å². The Kier molecular flexibility index (Phi) is 3.15. The van der Waals surface area contributed by atoms with Gasteiger partial charge in [-0.3, -0.25) is 0 Å². The maximum Gasteiger partial charge on any atom is 0.335 e. The summed E-state index contributed by atoms with van der Waals surface area (Å²) < 4.78 is 2.05. The van der Waals surface area contributed by atoms with Gasteiger partial charge in [0.1, 0.15) is 0 Å². The maximum absolute atomic E-state index is 11.0. The highest BCUT2D eigenvalue weighted by atomic mass is 16.4. The Morgan fingerprint density at radius 3 is 2.22 bits per heavy atom. The number of carbonyl (C=O) groups is 1. The van der Waals surface area contributed by atoms with Crippen molar-refractivity contribution in [1.82, 2.24) is 0 Å². The molecule has 1 aromatic carbocycles. The van der Waals surface area contributed by atoms with E-state index in [-0.39, 0.29) is 0 Å². The predicted molar refractivity (Wildman–Crippen MR) is 69.1 cm³/mol. The molecule has 3 heteroatoms. The first-order valence-corrected chi connectivity index (χ1v) is 5.82. The van der Waals surface area contributed by atoms with Gasteiger partial charge in [-0.2, -0.15) is 4.57 Å². The van der Waals surface area contributed by atoms with E-state index >= 15 is 0 Å². The first kappa shape index (κ1) is 12.3. The molecule has 0 amide bonds. The Bertz CT molecular complexity index is 595. The van der Waals surface area contributed by atoms with E-state index in [1.54, 1.807) is 18.2 Å². The number of rotatable bonds is 2. The Hall–Kier alpha value is -2.16. The van der Waals surface area contributed by atoms with Gasteiger partial charge in [0, 0.05) is 38.1 Å². The molecular weight excluding hydrogens is 226 g/mol. The summed E-state index contributed by atoms with van der Waals surface area (Å²) in [6, 6.07) is 11.1. The fraction of sp³-hybridized carbons (Fsp3) is 0.200. The van der Waals surface area contributed by atoms with Gasteiger partial charge < -0.3 is 5.11 Å².